The number of halogens is 2. The van der Waals surface area contributed by atoms with Crippen LogP contribution in [-0.4, -0.2) is 68.1 Å². The minimum atomic E-state index is -4.35. The largest absolute Gasteiger partial charge is 0.487 e. The number of hydrogen-bond acceptors (Lipinski definition) is 9. The van der Waals surface area contributed by atoms with E-state index in [2.05, 4.69) is 15.7 Å². The average Bonchev–Trinajstić information content (AvgIpc) is 3.62. The van der Waals surface area contributed by atoms with Gasteiger partial charge in [-0.1, -0.05) is 30.3 Å². The van der Waals surface area contributed by atoms with Gasteiger partial charge in [-0.15, -0.1) is 0 Å². The first kappa shape index (κ1) is 36.7. The van der Waals surface area contributed by atoms with Gasteiger partial charge >= 0.3 is 16.2 Å². The second kappa shape index (κ2) is 14.4. The third-order valence-electron chi connectivity index (χ3n) is 10.2. The first-order valence-electron chi connectivity index (χ1n) is 17.9. The Morgan fingerprint density at radius 2 is 1.73 bits per heavy atom. The molecule has 3 N–H and O–H groups in total. The van der Waals surface area contributed by atoms with Crippen LogP contribution in [0.1, 0.15) is 31.2 Å². The van der Waals surface area contributed by atoms with E-state index in [4.69, 9.17) is 4.74 Å². The van der Waals surface area contributed by atoms with Crippen LogP contribution < -0.4 is 34.2 Å². The smallest absolute Gasteiger partial charge is 0.329 e. The molecule has 0 radical (unpaired) electrons. The van der Waals surface area contributed by atoms with Crippen molar-refractivity contribution < 1.29 is 41.1 Å². The van der Waals surface area contributed by atoms with E-state index in [1.807, 2.05) is 15.7 Å². The van der Waals surface area contributed by atoms with Crippen molar-refractivity contribution in [3.63, 3.8) is 0 Å². The Morgan fingerprint density at radius 3 is 2.45 bits per heavy atom. The van der Waals surface area contributed by atoms with Gasteiger partial charge in [0.1, 0.15) is 30.4 Å². The van der Waals surface area contributed by atoms with E-state index in [-0.39, 0.29) is 60.7 Å². The van der Waals surface area contributed by atoms with Crippen LogP contribution >= 0.6 is 0 Å². The molecule has 0 spiro atoms. The summed E-state index contributed by atoms with van der Waals surface area (Å²) in [5, 5.41) is 10.4. The summed E-state index contributed by atoms with van der Waals surface area (Å²) >= 11 is 0. The van der Waals surface area contributed by atoms with E-state index in [0.717, 1.165) is 5.56 Å². The zero-order chi connectivity index (χ0) is 39.3. The van der Waals surface area contributed by atoms with Crippen molar-refractivity contribution in [1.29, 1.82) is 0 Å². The van der Waals surface area contributed by atoms with Crippen LogP contribution in [0.4, 0.5) is 36.5 Å². The number of amides is 5. The van der Waals surface area contributed by atoms with E-state index >= 15 is 8.78 Å². The summed E-state index contributed by atoms with van der Waals surface area (Å²) in [4.78, 5) is 52.6. The minimum Gasteiger partial charge on any atom is -0.487 e. The van der Waals surface area contributed by atoms with Crippen LogP contribution in [0.2, 0.25) is 0 Å². The summed E-state index contributed by atoms with van der Waals surface area (Å²) in [7, 11) is -2.65. The van der Waals surface area contributed by atoms with E-state index in [1.165, 1.54) is 29.2 Å². The Balaban J connectivity index is 0.949. The number of piperidine rings is 1. The summed E-state index contributed by atoms with van der Waals surface area (Å²) in [5.74, 6) is -2.63. The molecule has 5 amide bonds. The molecular weight excluding hydrogens is 751 g/mol. The van der Waals surface area contributed by atoms with Crippen molar-refractivity contribution in [2.45, 2.75) is 32.3 Å². The number of carbonyl (C=O) groups excluding carboxylic acids is 4. The lowest BCUT2D eigenvalue weighted by molar-refractivity contribution is -0.120. The molecule has 290 valence electrons. The summed E-state index contributed by atoms with van der Waals surface area (Å²) in [6.07, 6.45) is 1.55. The van der Waals surface area contributed by atoms with Crippen LogP contribution in [-0.2, 0) is 38.2 Å². The van der Waals surface area contributed by atoms with Gasteiger partial charge in [0.15, 0.2) is 11.6 Å². The second-order valence-electron chi connectivity index (χ2n) is 14.0. The normalized spacial score (nSPS) is 17.4. The quantitative estimate of drug-likeness (QED) is 0.195. The van der Waals surface area contributed by atoms with E-state index in [0.29, 0.717) is 57.9 Å². The number of anilines is 4. The summed E-state index contributed by atoms with van der Waals surface area (Å²) in [5.41, 5.74) is 1.76. The molecule has 56 heavy (non-hydrogen) atoms. The first-order valence-corrected chi connectivity index (χ1v) is 19.4. The monoisotopic (exact) mass is 786 g/mol. The van der Waals surface area contributed by atoms with Crippen LogP contribution in [0, 0.1) is 17.6 Å². The van der Waals surface area contributed by atoms with Crippen LogP contribution in [0.15, 0.2) is 66.7 Å². The van der Waals surface area contributed by atoms with Gasteiger partial charge in [-0.25, -0.2) is 22.6 Å². The van der Waals surface area contributed by atoms with E-state index in [1.54, 1.807) is 48.1 Å². The topological polar surface area (TPSA) is 175 Å². The maximum Gasteiger partial charge on any atom is 0.329 e. The number of aryl methyl sites for hydroxylation is 1. The molecule has 1 aromatic heterocycles. The number of nitrogens with zero attached hydrogens (tertiary/aromatic N) is 5. The van der Waals surface area contributed by atoms with Gasteiger partial charge in [-0.05, 0) is 66.1 Å². The lowest BCUT2D eigenvalue weighted by Gasteiger charge is -2.33. The number of hydrogen-bond donors (Lipinski definition) is 3. The Morgan fingerprint density at radius 1 is 0.964 bits per heavy atom. The van der Waals surface area contributed by atoms with Gasteiger partial charge < -0.3 is 15.0 Å². The molecule has 0 unspecified atom stereocenters. The van der Waals surface area contributed by atoms with Crippen molar-refractivity contribution in [3.05, 3.63) is 83.9 Å². The summed E-state index contributed by atoms with van der Waals surface area (Å²) in [6.45, 7) is 0.525. The Kier molecular flexibility index (Phi) is 9.43. The van der Waals surface area contributed by atoms with Crippen molar-refractivity contribution in [2.75, 3.05) is 45.6 Å². The molecule has 5 aromatic rings. The molecule has 8 rings (SSSR count). The molecule has 4 heterocycles. The third kappa shape index (κ3) is 7.02. The number of ether oxygens (including phenoxy) is 1. The third-order valence-corrected chi connectivity index (χ3v) is 11.6. The molecule has 0 bridgehead atoms. The van der Waals surface area contributed by atoms with E-state index < -0.39 is 46.0 Å². The number of carbonyl (C=O) groups is 4. The molecule has 4 aromatic carbocycles. The molecule has 3 saturated heterocycles. The fraction of sp³-hybridized carbons (Fsp3) is 0.289. The van der Waals surface area contributed by atoms with Crippen LogP contribution in [0.3, 0.4) is 0 Å². The van der Waals surface area contributed by atoms with Gasteiger partial charge in [-0.2, -0.15) is 13.5 Å². The van der Waals surface area contributed by atoms with Gasteiger partial charge in [0.2, 0.25) is 11.8 Å². The van der Waals surface area contributed by atoms with Gasteiger partial charge in [0, 0.05) is 56.0 Å². The van der Waals surface area contributed by atoms with Crippen molar-refractivity contribution in [3.8, 4) is 5.75 Å². The SMILES string of the molecule is Cn1nc(N2CCC(=O)NC2=O)c2cc(F)c(N3CCC(CC(=O)Nc4ccc5c(F)c(N6CC(=O)NS6(=O)=O)c(OCc6ccccc6)cc5c4)CC3)cc21. The predicted octanol–water partition coefficient (Wildman–Crippen LogP) is 4.46. The highest BCUT2D eigenvalue weighted by atomic mass is 32.2. The molecule has 0 atom stereocenters. The number of urea groups is 1. The van der Waals surface area contributed by atoms with Crippen molar-refractivity contribution in [1.82, 2.24) is 19.8 Å². The lowest BCUT2D eigenvalue weighted by Crippen LogP contribution is -2.49. The number of benzene rings is 4. The number of fused-ring (bicyclic) bond motifs is 2. The lowest BCUT2D eigenvalue weighted by atomic mass is 9.92. The molecule has 15 nitrogen and oxygen atoms in total. The highest BCUT2D eigenvalue weighted by molar-refractivity contribution is 7.92. The van der Waals surface area contributed by atoms with Gasteiger partial charge in [-0.3, -0.25) is 29.3 Å². The number of aromatic nitrogens is 2. The molecule has 3 fully saturated rings. The van der Waals surface area contributed by atoms with E-state index in [9.17, 15) is 27.6 Å². The fourth-order valence-electron chi connectivity index (χ4n) is 7.44. The summed E-state index contributed by atoms with van der Waals surface area (Å²) < 4.78 is 67.3. The minimum absolute atomic E-state index is 0.00230. The van der Waals surface area contributed by atoms with Crippen LogP contribution in [0.5, 0.6) is 5.75 Å². The van der Waals surface area contributed by atoms with Crippen molar-refractivity contribution >= 4 is 78.5 Å². The maximum atomic E-state index is 16.2. The fourth-order valence-corrected chi connectivity index (χ4v) is 8.60. The molecule has 3 aliphatic heterocycles. The number of nitrogens with one attached hydrogen (secondary N) is 3. The zero-order valence-corrected chi connectivity index (χ0v) is 30.9. The maximum absolute atomic E-state index is 16.2. The molecule has 3 aliphatic rings. The highest BCUT2D eigenvalue weighted by Gasteiger charge is 2.38. The second-order valence-corrected chi connectivity index (χ2v) is 15.6. The summed E-state index contributed by atoms with van der Waals surface area (Å²) in [6, 6.07) is 17.5. The van der Waals surface area contributed by atoms with Crippen LogP contribution in [0.25, 0.3) is 21.7 Å². The standard InChI is InChI=1S/C38H36F2N8O7S/c1-45-29-19-30(28(39)18-27(29)37(43-45)47-14-11-32(49)42-38(47)52)46-12-9-22(10-13-46)15-33(50)41-25-7-8-26-24(16-25)17-31(55-21-23-5-3-2-4-6-23)36(35(26)40)48-20-34(51)44-56(48,53)54/h2-8,16-19,22H,9-15,20-21H2,1H3,(H,41,50)(H,44,51)(H,42,49,52). The average molecular weight is 787 g/mol. The first-order chi connectivity index (χ1) is 26.8. The Labute approximate surface area is 319 Å². The predicted molar refractivity (Wildman–Crippen MR) is 203 cm³/mol. The zero-order valence-electron chi connectivity index (χ0n) is 30.1. The molecule has 18 heteroatoms. The van der Waals surface area contributed by atoms with Gasteiger partial charge in [0.25, 0.3) is 5.91 Å². The molecule has 0 aliphatic carbocycles. The Hall–Kier alpha value is -6.30. The molecule has 0 saturated carbocycles. The highest BCUT2D eigenvalue weighted by Crippen LogP contribution is 2.41. The van der Waals surface area contributed by atoms with Crippen molar-refractivity contribution in [2.24, 2.45) is 13.0 Å². The van der Waals surface area contributed by atoms with Gasteiger partial charge in [0.05, 0.1) is 11.2 Å². The number of imide groups is 1. The molecular formula is C38H36F2N8O7S. The number of rotatable bonds is 9. The Bertz CT molecular complexity index is 2540.